The van der Waals surface area contributed by atoms with Crippen molar-refractivity contribution < 1.29 is 5.11 Å². The fraction of sp³-hybridized carbons (Fsp3) is 0.667. The van der Waals surface area contributed by atoms with Crippen LogP contribution in [0.4, 0.5) is 0 Å². The van der Waals surface area contributed by atoms with Crippen molar-refractivity contribution in [2.45, 2.75) is 0 Å². The van der Waals surface area contributed by atoms with Crippen LogP contribution in [0.3, 0.4) is 0 Å². The molecule has 0 aromatic heterocycles. The van der Waals surface area contributed by atoms with Crippen molar-refractivity contribution in [2.24, 2.45) is 0 Å². The van der Waals surface area contributed by atoms with Crippen LogP contribution in [0.25, 0.3) is 0 Å². The Balaban J connectivity index is 2.49. The number of nitrogens with one attached hydrogen (secondary N) is 1. The SMILES string of the molecule is OCCNC=S. The molecule has 0 spiro atoms. The van der Waals surface area contributed by atoms with Gasteiger partial charge in [-0.3, -0.25) is 0 Å². The number of aliphatic hydroxyl groups is 1. The predicted molar refractivity (Wildman–Crippen MR) is 28.7 cm³/mol. The molecule has 36 valence electrons. The number of aliphatic hydroxyl groups excluding tert-OH is 1. The second kappa shape index (κ2) is 4.85. The van der Waals surface area contributed by atoms with E-state index in [0.717, 1.165) is 0 Å². The van der Waals surface area contributed by atoms with Crippen LogP contribution in [0, 0.1) is 0 Å². The largest absolute Gasteiger partial charge is 0.395 e. The highest BCUT2D eigenvalue weighted by atomic mass is 32.1. The summed E-state index contributed by atoms with van der Waals surface area (Å²) in [5.74, 6) is 0. The summed E-state index contributed by atoms with van der Waals surface area (Å²) in [5.41, 5.74) is 1.39. The topological polar surface area (TPSA) is 32.3 Å². The molecule has 0 saturated carbocycles. The lowest BCUT2D eigenvalue weighted by Crippen LogP contribution is -2.13. The smallest absolute Gasteiger partial charge is 0.0615 e. The normalized spacial score (nSPS) is 7.50. The highest BCUT2D eigenvalue weighted by molar-refractivity contribution is 7.78. The van der Waals surface area contributed by atoms with Gasteiger partial charge in [0.05, 0.1) is 12.1 Å². The van der Waals surface area contributed by atoms with Crippen LogP contribution in [0.2, 0.25) is 0 Å². The standard InChI is InChI=1S/C3H7NOS/c5-2-1-4-3-6/h3,5H,1-2H2,(H,4,6). The van der Waals surface area contributed by atoms with Gasteiger partial charge in [-0.05, 0) is 0 Å². The predicted octanol–water partition coefficient (Wildman–Crippen LogP) is -0.475. The quantitative estimate of drug-likeness (QED) is 0.376. The molecular formula is C3H7NOS. The van der Waals surface area contributed by atoms with Gasteiger partial charge in [0.2, 0.25) is 0 Å². The summed E-state index contributed by atoms with van der Waals surface area (Å²) < 4.78 is 0. The molecule has 0 fully saturated rings. The minimum Gasteiger partial charge on any atom is -0.395 e. The number of hydrogen-bond acceptors (Lipinski definition) is 2. The van der Waals surface area contributed by atoms with E-state index in [1.54, 1.807) is 0 Å². The minimum absolute atomic E-state index is 0.146. The molecule has 0 radical (unpaired) electrons. The molecule has 0 aliphatic heterocycles. The highest BCUT2D eigenvalue weighted by Crippen LogP contribution is 1.47. The van der Waals surface area contributed by atoms with Gasteiger partial charge in [-0.25, -0.2) is 0 Å². The van der Waals surface area contributed by atoms with Gasteiger partial charge in [0, 0.05) is 6.54 Å². The Hall–Kier alpha value is -0.150. The molecular weight excluding hydrogens is 98.1 g/mol. The van der Waals surface area contributed by atoms with Crippen molar-refractivity contribution in [1.29, 1.82) is 0 Å². The molecule has 6 heavy (non-hydrogen) atoms. The average molecular weight is 105 g/mol. The van der Waals surface area contributed by atoms with Crippen LogP contribution in [0.5, 0.6) is 0 Å². The number of thiocarbonyl (C=S) groups is 1. The van der Waals surface area contributed by atoms with E-state index in [2.05, 4.69) is 17.5 Å². The summed E-state index contributed by atoms with van der Waals surface area (Å²) in [5, 5.41) is 10.7. The van der Waals surface area contributed by atoms with Crippen LogP contribution in [0.1, 0.15) is 0 Å². The van der Waals surface area contributed by atoms with Crippen molar-refractivity contribution in [1.82, 2.24) is 5.32 Å². The third kappa shape index (κ3) is 3.85. The van der Waals surface area contributed by atoms with Crippen molar-refractivity contribution in [2.75, 3.05) is 13.2 Å². The molecule has 0 aliphatic rings. The molecule has 0 heterocycles. The van der Waals surface area contributed by atoms with E-state index in [4.69, 9.17) is 5.11 Å². The van der Waals surface area contributed by atoms with Gasteiger partial charge in [-0.1, -0.05) is 12.2 Å². The first-order valence-corrected chi connectivity index (χ1v) is 2.17. The molecule has 0 aliphatic carbocycles. The monoisotopic (exact) mass is 105 g/mol. The fourth-order valence-corrected chi connectivity index (χ4v) is 0.241. The van der Waals surface area contributed by atoms with Crippen LogP contribution in [-0.2, 0) is 0 Å². The zero-order chi connectivity index (χ0) is 4.83. The van der Waals surface area contributed by atoms with Crippen LogP contribution >= 0.6 is 12.2 Å². The maximum atomic E-state index is 8.07. The molecule has 0 unspecified atom stereocenters. The van der Waals surface area contributed by atoms with E-state index >= 15 is 0 Å². The lowest BCUT2D eigenvalue weighted by Gasteiger charge is -1.87. The number of rotatable bonds is 3. The Labute approximate surface area is 42.2 Å². The summed E-state index contributed by atoms with van der Waals surface area (Å²) in [6.45, 7) is 0.705. The van der Waals surface area contributed by atoms with Crippen LogP contribution < -0.4 is 5.32 Å². The third-order valence-electron chi connectivity index (χ3n) is 0.339. The molecule has 0 saturated heterocycles. The van der Waals surface area contributed by atoms with E-state index < -0.39 is 0 Å². The third-order valence-corrected chi connectivity index (χ3v) is 0.506. The Kier molecular flexibility index (Phi) is 4.73. The first-order chi connectivity index (χ1) is 2.91. The van der Waals surface area contributed by atoms with Crippen molar-refractivity contribution in [3.05, 3.63) is 0 Å². The second-order valence-corrected chi connectivity index (χ2v) is 1.03. The Morgan fingerprint density at radius 3 is 2.67 bits per heavy atom. The molecule has 0 atom stereocenters. The molecule has 0 aromatic carbocycles. The fourth-order valence-electron chi connectivity index (χ4n) is 0.123. The van der Waals surface area contributed by atoms with Crippen molar-refractivity contribution >= 4 is 17.7 Å². The van der Waals surface area contributed by atoms with E-state index in [-0.39, 0.29) is 6.61 Å². The summed E-state index contributed by atoms with van der Waals surface area (Å²) in [4.78, 5) is 0. The van der Waals surface area contributed by atoms with Crippen molar-refractivity contribution in [3.63, 3.8) is 0 Å². The molecule has 0 bridgehead atoms. The van der Waals surface area contributed by atoms with E-state index in [1.807, 2.05) is 0 Å². The Morgan fingerprint density at radius 2 is 2.50 bits per heavy atom. The minimum atomic E-state index is 0.146. The number of hydrogen-bond donors (Lipinski definition) is 2. The first-order valence-electron chi connectivity index (χ1n) is 1.69. The summed E-state index contributed by atoms with van der Waals surface area (Å²) in [7, 11) is 0. The molecule has 0 aromatic rings. The van der Waals surface area contributed by atoms with Crippen LogP contribution in [-0.4, -0.2) is 23.7 Å². The lowest BCUT2D eigenvalue weighted by atomic mass is 10.7. The molecule has 3 heteroatoms. The maximum Gasteiger partial charge on any atom is 0.0615 e. The molecule has 0 rings (SSSR count). The van der Waals surface area contributed by atoms with Gasteiger partial charge >= 0.3 is 0 Å². The summed E-state index contributed by atoms with van der Waals surface area (Å²) in [6.07, 6.45) is 0. The first kappa shape index (κ1) is 5.85. The van der Waals surface area contributed by atoms with Gasteiger partial charge in [0.15, 0.2) is 0 Å². The maximum absolute atomic E-state index is 8.07. The van der Waals surface area contributed by atoms with Gasteiger partial charge in [0.25, 0.3) is 0 Å². The molecule has 2 N–H and O–H groups in total. The van der Waals surface area contributed by atoms with Gasteiger partial charge < -0.3 is 10.4 Å². The zero-order valence-electron chi connectivity index (χ0n) is 3.35. The van der Waals surface area contributed by atoms with Gasteiger partial charge in [-0.15, -0.1) is 0 Å². The lowest BCUT2D eigenvalue weighted by molar-refractivity contribution is 0.301. The average Bonchev–Trinajstić information content (AvgIpc) is 1.61. The Morgan fingerprint density at radius 1 is 1.83 bits per heavy atom. The Bertz CT molecular complexity index is 39.8. The highest BCUT2D eigenvalue weighted by Gasteiger charge is 1.68. The molecule has 2 nitrogen and oxygen atoms in total. The summed E-state index contributed by atoms with van der Waals surface area (Å²) >= 11 is 4.37. The van der Waals surface area contributed by atoms with Gasteiger partial charge in [0.1, 0.15) is 0 Å². The van der Waals surface area contributed by atoms with E-state index in [1.165, 1.54) is 5.49 Å². The van der Waals surface area contributed by atoms with Crippen LogP contribution in [0.15, 0.2) is 0 Å². The zero-order valence-corrected chi connectivity index (χ0v) is 4.16. The van der Waals surface area contributed by atoms with Gasteiger partial charge in [-0.2, -0.15) is 0 Å². The van der Waals surface area contributed by atoms with E-state index in [0.29, 0.717) is 6.54 Å². The van der Waals surface area contributed by atoms with E-state index in [9.17, 15) is 0 Å². The summed E-state index contributed by atoms with van der Waals surface area (Å²) in [6, 6.07) is 0. The molecule has 0 amide bonds. The van der Waals surface area contributed by atoms with Crippen molar-refractivity contribution in [3.8, 4) is 0 Å². The second-order valence-electron chi connectivity index (χ2n) is 0.796.